The fraction of sp³-hybridized carbons (Fsp3) is 0.500. The van der Waals surface area contributed by atoms with Crippen LogP contribution in [-0.4, -0.2) is 24.0 Å². The van der Waals surface area contributed by atoms with Crippen LogP contribution in [0.3, 0.4) is 0 Å². The number of pyridine rings is 1. The number of fused-ring (bicyclic) bond motifs is 1. The van der Waals surface area contributed by atoms with Crippen molar-refractivity contribution in [2.24, 2.45) is 0 Å². The summed E-state index contributed by atoms with van der Waals surface area (Å²) in [4.78, 5) is 15.7. The first-order valence-corrected chi connectivity index (χ1v) is 9.21. The lowest BCUT2D eigenvalue weighted by molar-refractivity contribution is 0.0820. The van der Waals surface area contributed by atoms with E-state index in [0.717, 1.165) is 58.8 Å². The number of nitrogens with one attached hydrogen (secondary N) is 1. The molecule has 0 fully saturated rings. The summed E-state index contributed by atoms with van der Waals surface area (Å²) in [5.74, 6) is 0.198. The number of aryl methyl sites for hydroxylation is 1. The first-order chi connectivity index (χ1) is 11.6. The Hall–Kier alpha value is -1.52. The highest BCUT2D eigenvalue weighted by molar-refractivity contribution is 7.71. The van der Waals surface area contributed by atoms with Gasteiger partial charge in [0, 0.05) is 24.6 Å². The van der Waals surface area contributed by atoms with Gasteiger partial charge in [-0.1, -0.05) is 32.5 Å². The van der Waals surface area contributed by atoms with Crippen LogP contribution in [0, 0.1) is 4.64 Å². The van der Waals surface area contributed by atoms with E-state index < -0.39 is 0 Å². The molecule has 0 saturated carbocycles. The fourth-order valence-electron chi connectivity index (χ4n) is 3.02. The van der Waals surface area contributed by atoms with E-state index in [-0.39, 0.29) is 11.9 Å². The number of benzene rings is 1. The molecule has 1 aromatic carbocycles. The van der Waals surface area contributed by atoms with Crippen molar-refractivity contribution in [2.75, 3.05) is 7.11 Å². The van der Waals surface area contributed by atoms with E-state index in [4.69, 9.17) is 17.0 Å². The Bertz CT molecular complexity index is 751. The first-order valence-electron chi connectivity index (χ1n) is 8.81. The zero-order chi connectivity index (χ0) is 17.5. The molecule has 1 N–H and O–H groups in total. The molecule has 130 valence electrons. The number of hydrogen-bond donors (Lipinski definition) is 1. The number of ether oxygens (including phenoxy) is 1. The Labute approximate surface area is 149 Å². The number of aromatic nitrogens is 1. The van der Waals surface area contributed by atoms with Crippen molar-refractivity contribution in [2.45, 2.75) is 58.5 Å². The number of carbonyl (C=O) groups excluding carboxylic acids is 1. The van der Waals surface area contributed by atoms with Crippen molar-refractivity contribution in [3.05, 3.63) is 40.0 Å². The van der Waals surface area contributed by atoms with Gasteiger partial charge in [0.2, 0.25) is 0 Å². The Morgan fingerprint density at radius 2 is 2.04 bits per heavy atom. The highest BCUT2D eigenvalue weighted by Crippen LogP contribution is 2.19. The molecule has 1 atom stereocenters. The molecule has 3 nitrogen and oxygen atoms in total. The van der Waals surface area contributed by atoms with Crippen LogP contribution >= 0.6 is 12.2 Å². The highest BCUT2D eigenvalue weighted by Gasteiger charge is 2.10. The molecule has 2 rings (SSSR count). The number of rotatable bonds is 9. The number of aromatic amines is 1. The van der Waals surface area contributed by atoms with Gasteiger partial charge in [0.25, 0.3) is 0 Å². The average Bonchev–Trinajstić information content (AvgIpc) is 2.59. The minimum absolute atomic E-state index is 0.198. The average molecular weight is 346 g/mol. The molecular formula is C20H27NO2S. The minimum atomic E-state index is 0.198. The van der Waals surface area contributed by atoms with Crippen molar-refractivity contribution >= 4 is 28.9 Å². The van der Waals surface area contributed by atoms with Gasteiger partial charge in [-0.3, -0.25) is 4.79 Å². The highest BCUT2D eigenvalue weighted by atomic mass is 32.1. The Balaban J connectivity index is 2.06. The van der Waals surface area contributed by atoms with E-state index in [1.54, 1.807) is 7.11 Å². The maximum absolute atomic E-state index is 12.5. The quantitative estimate of drug-likeness (QED) is 0.473. The van der Waals surface area contributed by atoms with Gasteiger partial charge in [-0.25, -0.2) is 0 Å². The van der Waals surface area contributed by atoms with Gasteiger partial charge >= 0.3 is 0 Å². The van der Waals surface area contributed by atoms with E-state index >= 15 is 0 Å². The van der Waals surface area contributed by atoms with Crippen LogP contribution in [0.5, 0.6) is 0 Å². The smallest absolute Gasteiger partial charge is 0.162 e. The number of carbonyl (C=O) groups is 1. The molecule has 0 aliphatic rings. The summed E-state index contributed by atoms with van der Waals surface area (Å²) in [6, 6.07) is 7.91. The summed E-state index contributed by atoms with van der Waals surface area (Å²) in [6.45, 7) is 4.24. The second kappa shape index (κ2) is 9.09. The molecule has 0 radical (unpaired) electrons. The van der Waals surface area contributed by atoms with Crippen molar-refractivity contribution in [1.29, 1.82) is 0 Å². The number of H-pyrrole nitrogens is 1. The Morgan fingerprint density at radius 3 is 2.71 bits per heavy atom. The minimum Gasteiger partial charge on any atom is -0.381 e. The lowest BCUT2D eigenvalue weighted by Crippen LogP contribution is -2.11. The molecule has 0 aliphatic carbocycles. The Morgan fingerprint density at radius 1 is 1.25 bits per heavy atom. The molecule has 0 saturated heterocycles. The predicted molar refractivity (Wildman–Crippen MR) is 102 cm³/mol. The van der Waals surface area contributed by atoms with E-state index in [1.807, 2.05) is 18.2 Å². The monoisotopic (exact) mass is 345 g/mol. The van der Waals surface area contributed by atoms with E-state index in [1.165, 1.54) is 0 Å². The second-order valence-corrected chi connectivity index (χ2v) is 6.65. The predicted octanol–water partition coefficient (Wildman–Crippen LogP) is 5.63. The lowest BCUT2D eigenvalue weighted by atomic mass is 10.0. The van der Waals surface area contributed by atoms with Crippen LogP contribution in [0.2, 0.25) is 0 Å². The van der Waals surface area contributed by atoms with Crippen molar-refractivity contribution in [1.82, 2.24) is 4.98 Å². The molecule has 1 aromatic heterocycles. The topological polar surface area (TPSA) is 42.1 Å². The molecule has 0 aliphatic heterocycles. The van der Waals surface area contributed by atoms with Gasteiger partial charge in [0.05, 0.1) is 6.10 Å². The molecule has 4 heteroatoms. The molecule has 1 heterocycles. The zero-order valence-corrected chi connectivity index (χ0v) is 15.7. The molecule has 0 bridgehead atoms. The van der Waals surface area contributed by atoms with E-state index in [2.05, 4.69) is 24.9 Å². The van der Waals surface area contributed by atoms with Crippen LogP contribution in [0.1, 0.15) is 61.9 Å². The van der Waals surface area contributed by atoms with Crippen LogP contribution in [-0.2, 0) is 11.2 Å². The fourth-order valence-corrected chi connectivity index (χ4v) is 3.34. The summed E-state index contributed by atoms with van der Waals surface area (Å²) in [5, 5.41) is 1.05. The molecule has 1 unspecified atom stereocenters. The van der Waals surface area contributed by atoms with Crippen LogP contribution in [0.4, 0.5) is 0 Å². The van der Waals surface area contributed by atoms with Gasteiger partial charge < -0.3 is 9.72 Å². The summed E-state index contributed by atoms with van der Waals surface area (Å²) < 4.78 is 6.23. The van der Waals surface area contributed by atoms with Gasteiger partial charge in [-0.2, -0.15) is 0 Å². The van der Waals surface area contributed by atoms with Gasteiger partial charge in [-0.05, 0) is 60.9 Å². The van der Waals surface area contributed by atoms with E-state index in [0.29, 0.717) is 6.42 Å². The van der Waals surface area contributed by atoms with E-state index in [9.17, 15) is 4.79 Å². The SMILES string of the molecule is CCCC(CCCC(=O)c1ccc2[nH]c(=S)c(CC)cc2c1)OC. The van der Waals surface area contributed by atoms with Crippen LogP contribution in [0.25, 0.3) is 10.9 Å². The number of hydrogen-bond acceptors (Lipinski definition) is 3. The summed E-state index contributed by atoms with van der Waals surface area (Å²) >= 11 is 5.34. The standard InChI is InChI=1S/C20H27NO2S/c1-4-7-17(23-3)8-6-9-19(22)15-10-11-18-16(13-15)12-14(5-2)20(24)21-18/h10-13,17H,4-9H2,1-3H3,(H,21,24). The third-order valence-corrected chi connectivity index (χ3v) is 4.86. The summed E-state index contributed by atoms with van der Waals surface area (Å²) in [6.07, 6.45) is 5.70. The van der Waals surface area contributed by atoms with Crippen LogP contribution in [0.15, 0.2) is 24.3 Å². The van der Waals surface area contributed by atoms with Crippen molar-refractivity contribution in [3.63, 3.8) is 0 Å². The number of methoxy groups -OCH3 is 1. The zero-order valence-electron chi connectivity index (χ0n) is 14.9. The summed E-state index contributed by atoms with van der Waals surface area (Å²) in [5.41, 5.74) is 2.88. The molecule has 0 spiro atoms. The third-order valence-electron chi connectivity index (χ3n) is 4.50. The number of Topliss-reactive ketones (excluding diaryl/α,β-unsaturated/α-hetero) is 1. The van der Waals surface area contributed by atoms with Crippen molar-refractivity contribution in [3.8, 4) is 0 Å². The first kappa shape index (κ1) is 18.8. The second-order valence-electron chi connectivity index (χ2n) is 6.24. The van der Waals surface area contributed by atoms with Crippen molar-refractivity contribution < 1.29 is 9.53 Å². The largest absolute Gasteiger partial charge is 0.381 e. The Kier molecular flexibility index (Phi) is 7.13. The maximum Gasteiger partial charge on any atom is 0.162 e. The molecule has 2 aromatic rings. The number of ketones is 1. The lowest BCUT2D eigenvalue weighted by Gasteiger charge is -2.13. The molecule has 24 heavy (non-hydrogen) atoms. The molecular weight excluding hydrogens is 318 g/mol. The third kappa shape index (κ3) is 4.74. The molecule has 0 amide bonds. The van der Waals surface area contributed by atoms with Gasteiger partial charge in [0.15, 0.2) is 5.78 Å². The van der Waals surface area contributed by atoms with Gasteiger partial charge in [-0.15, -0.1) is 0 Å². The normalized spacial score (nSPS) is 12.5. The summed E-state index contributed by atoms with van der Waals surface area (Å²) in [7, 11) is 1.75. The van der Waals surface area contributed by atoms with Gasteiger partial charge in [0.1, 0.15) is 4.64 Å². The van der Waals surface area contributed by atoms with Crippen LogP contribution < -0.4 is 0 Å². The maximum atomic E-state index is 12.5.